The molecule has 0 fully saturated rings. The SMILES string of the molecule is CC1=NCOC1. The molecule has 2 nitrogen and oxygen atoms in total. The Labute approximate surface area is 36.8 Å². The van der Waals surface area contributed by atoms with Crippen LogP contribution in [0.4, 0.5) is 0 Å². The minimum atomic E-state index is 0.575. The van der Waals surface area contributed by atoms with Crippen molar-refractivity contribution in [1.82, 2.24) is 0 Å². The summed E-state index contributed by atoms with van der Waals surface area (Å²) in [7, 11) is 0. The summed E-state index contributed by atoms with van der Waals surface area (Å²) in [5, 5.41) is 0. The standard InChI is InChI=1S/C4H7NO/c1-4-2-6-3-5-4/h2-3H2,1H3. The van der Waals surface area contributed by atoms with Crippen LogP contribution in [-0.4, -0.2) is 19.0 Å². The molecule has 0 bridgehead atoms. The second-order valence-electron chi connectivity index (χ2n) is 1.37. The molecule has 34 valence electrons. The van der Waals surface area contributed by atoms with Crippen molar-refractivity contribution in [2.45, 2.75) is 6.92 Å². The molecule has 0 aromatic rings. The van der Waals surface area contributed by atoms with Crippen molar-refractivity contribution >= 4 is 5.71 Å². The van der Waals surface area contributed by atoms with Crippen LogP contribution in [0.5, 0.6) is 0 Å². The lowest BCUT2D eigenvalue weighted by Crippen LogP contribution is -1.91. The van der Waals surface area contributed by atoms with Crippen LogP contribution < -0.4 is 0 Å². The van der Waals surface area contributed by atoms with Gasteiger partial charge in [0.25, 0.3) is 0 Å². The summed E-state index contributed by atoms with van der Waals surface area (Å²) < 4.78 is 4.85. The van der Waals surface area contributed by atoms with Crippen LogP contribution in [0.3, 0.4) is 0 Å². The quantitative estimate of drug-likeness (QED) is 0.418. The van der Waals surface area contributed by atoms with Gasteiger partial charge in [0, 0.05) is 5.71 Å². The molecular weight excluding hydrogens is 78.0 g/mol. The molecule has 0 radical (unpaired) electrons. The number of hydrogen-bond acceptors (Lipinski definition) is 2. The molecule has 0 aliphatic carbocycles. The Morgan fingerprint density at radius 1 is 1.83 bits per heavy atom. The molecule has 2 heteroatoms. The van der Waals surface area contributed by atoms with Crippen molar-refractivity contribution in [3.8, 4) is 0 Å². The van der Waals surface area contributed by atoms with E-state index in [0.29, 0.717) is 6.73 Å². The zero-order valence-corrected chi connectivity index (χ0v) is 3.77. The van der Waals surface area contributed by atoms with E-state index >= 15 is 0 Å². The van der Waals surface area contributed by atoms with Crippen molar-refractivity contribution in [1.29, 1.82) is 0 Å². The maximum Gasteiger partial charge on any atom is 0.137 e. The lowest BCUT2D eigenvalue weighted by molar-refractivity contribution is 0.202. The smallest absolute Gasteiger partial charge is 0.137 e. The van der Waals surface area contributed by atoms with Gasteiger partial charge in [-0.25, -0.2) is 0 Å². The highest BCUT2D eigenvalue weighted by atomic mass is 16.5. The van der Waals surface area contributed by atoms with E-state index in [4.69, 9.17) is 4.74 Å². The second-order valence-corrected chi connectivity index (χ2v) is 1.37. The molecule has 0 spiro atoms. The van der Waals surface area contributed by atoms with Gasteiger partial charge in [0.2, 0.25) is 0 Å². The molecule has 0 saturated carbocycles. The summed E-state index contributed by atoms with van der Waals surface area (Å²) in [5.41, 5.74) is 1.11. The summed E-state index contributed by atoms with van der Waals surface area (Å²) in [6, 6.07) is 0. The molecule has 1 rings (SSSR count). The molecule has 0 aromatic carbocycles. The molecule has 0 aromatic heterocycles. The molecule has 1 aliphatic heterocycles. The topological polar surface area (TPSA) is 21.6 Å². The molecular formula is C4H7NO. The van der Waals surface area contributed by atoms with Crippen LogP contribution >= 0.6 is 0 Å². The monoisotopic (exact) mass is 85.1 g/mol. The van der Waals surface area contributed by atoms with Gasteiger partial charge >= 0.3 is 0 Å². The van der Waals surface area contributed by atoms with E-state index in [1.165, 1.54) is 0 Å². The fourth-order valence-corrected chi connectivity index (χ4v) is 0.395. The van der Waals surface area contributed by atoms with Gasteiger partial charge in [0.05, 0.1) is 6.61 Å². The van der Waals surface area contributed by atoms with Gasteiger partial charge in [0.1, 0.15) is 6.73 Å². The predicted octanol–water partition coefficient (Wildman–Crippen LogP) is 0.435. The Bertz CT molecular complexity index is 77.6. The van der Waals surface area contributed by atoms with Crippen LogP contribution in [-0.2, 0) is 4.74 Å². The lowest BCUT2D eigenvalue weighted by atomic mass is 10.5. The molecule has 0 unspecified atom stereocenters. The summed E-state index contributed by atoms with van der Waals surface area (Å²) in [6.07, 6.45) is 0. The summed E-state index contributed by atoms with van der Waals surface area (Å²) in [4.78, 5) is 3.93. The maximum atomic E-state index is 4.85. The Hall–Kier alpha value is -0.370. The molecule has 1 heterocycles. The fourth-order valence-electron chi connectivity index (χ4n) is 0.395. The van der Waals surface area contributed by atoms with E-state index in [0.717, 1.165) is 12.3 Å². The maximum absolute atomic E-state index is 4.85. The fraction of sp³-hybridized carbons (Fsp3) is 0.750. The first kappa shape index (κ1) is 3.81. The minimum absolute atomic E-state index is 0.575. The highest BCUT2D eigenvalue weighted by Gasteiger charge is 1.95. The Morgan fingerprint density at radius 3 is 2.83 bits per heavy atom. The van der Waals surface area contributed by atoms with Gasteiger partial charge in [-0.3, -0.25) is 4.99 Å². The lowest BCUT2D eigenvalue weighted by Gasteiger charge is -1.79. The Kier molecular flexibility index (Phi) is 0.881. The average Bonchev–Trinajstić information content (AvgIpc) is 1.86. The third-order valence-electron chi connectivity index (χ3n) is 0.737. The average molecular weight is 85.1 g/mol. The predicted molar refractivity (Wildman–Crippen MR) is 23.9 cm³/mol. The van der Waals surface area contributed by atoms with Crippen LogP contribution in [0, 0.1) is 0 Å². The van der Waals surface area contributed by atoms with Crippen LogP contribution in [0.2, 0.25) is 0 Å². The van der Waals surface area contributed by atoms with Crippen molar-refractivity contribution in [2.24, 2.45) is 4.99 Å². The Morgan fingerprint density at radius 2 is 2.67 bits per heavy atom. The van der Waals surface area contributed by atoms with E-state index < -0.39 is 0 Å². The van der Waals surface area contributed by atoms with E-state index in [9.17, 15) is 0 Å². The van der Waals surface area contributed by atoms with Crippen molar-refractivity contribution < 1.29 is 4.74 Å². The first-order chi connectivity index (χ1) is 2.89. The van der Waals surface area contributed by atoms with Gasteiger partial charge in [0.15, 0.2) is 0 Å². The second kappa shape index (κ2) is 1.39. The van der Waals surface area contributed by atoms with E-state index in [-0.39, 0.29) is 0 Å². The van der Waals surface area contributed by atoms with E-state index in [1.54, 1.807) is 0 Å². The number of aliphatic imine (C=N–C) groups is 1. The van der Waals surface area contributed by atoms with Crippen LogP contribution in [0.1, 0.15) is 6.92 Å². The molecule has 0 atom stereocenters. The Balaban J connectivity index is 2.45. The number of nitrogens with zero attached hydrogens (tertiary/aromatic N) is 1. The first-order valence-corrected chi connectivity index (χ1v) is 1.97. The van der Waals surface area contributed by atoms with Crippen LogP contribution in [0.15, 0.2) is 4.99 Å². The van der Waals surface area contributed by atoms with Crippen molar-refractivity contribution in [3.05, 3.63) is 0 Å². The molecule has 6 heavy (non-hydrogen) atoms. The third kappa shape index (κ3) is 0.571. The van der Waals surface area contributed by atoms with Gasteiger partial charge in [-0.2, -0.15) is 0 Å². The highest BCUT2D eigenvalue weighted by Crippen LogP contribution is 1.89. The molecule has 0 N–H and O–H groups in total. The molecule has 0 amide bonds. The minimum Gasteiger partial charge on any atom is -0.353 e. The normalized spacial score (nSPS) is 21.2. The number of hydrogen-bond donors (Lipinski definition) is 0. The number of rotatable bonds is 0. The summed E-state index contributed by atoms with van der Waals surface area (Å²) in [5.74, 6) is 0. The van der Waals surface area contributed by atoms with Crippen molar-refractivity contribution in [2.75, 3.05) is 13.3 Å². The van der Waals surface area contributed by atoms with Gasteiger partial charge in [-0.05, 0) is 6.92 Å². The summed E-state index contributed by atoms with van der Waals surface area (Å²) >= 11 is 0. The zero-order valence-electron chi connectivity index (χ0n) is 3.77. The highest BCUT2D eigenvalue weighted by molar-refractivity contribution is 5.83. The third-order valence-corrected chi connectivity index (χ3v) is 0.737. The number of ether oxygens (including phenoxy) is 1. The molecule has 0 saturated heterocycles. The van der Waals surface area contributed by atoms with Gasteiger partial charge in [-0.15, -0.1) is 0 Å². The van der Waals surface area contributed by atoms with Gasteiger partial charge < -0.3 is 4.74 Å². The van der Waals surface area contributed by atoms with E-state index in [2.05, 4.69) is 4.99 Å². The van der Waals surface area contributed by atoms with Gasteiger partial charge in [-0.1, -0.05) is 0 Å². The molecule has 1 aliphatic rings. The summed E-state index contributed by atoms with van der Waals surface area (Å²) in [6.45, 7) is 3.28. The van der Waals surface area contributed by atoms with Crippen LogP contribution in [0.25, 0.3) is 0 Å². The first-order valence-electron chi connectivity index (χ1n) is 1.97. The zero-order chi connectivity index (χ0) is 4.41. The van der Waals surface area contributed by atoms with Crippen molar-refractivity contribution in [3.63, 3.8) is 0 Å². The van der Waals surface area contributed by atoms with E-state index in [1.807, 2.05) is 6.92 Å². The largest absolute Gasteiger partial charge is 0.353 e.